The Bertz CT molecular complexity index is 1140. The number of nitriles is 1. The van der Waals surface area contributed by atoms with E-state index in [1.54, 1.807) is 36.4 Å². The summed E-state index contributed by atoms with van der Waals surface area (Å²) < 4.78 is 10.8. The number of carbonyl (C=O) groups is 2. The van der Waals surface area contributed by atoms with Gasteiger partial charge in [-0.2, -0.15) is 5.26 Å². The van der Waals surface area contributed by atoms with Crippen molar-refractivity contribution in [1.29, 1.82) is 5.26 Å². The Kier molecular flexibility index (Phi) is 6.90. The lowest BCUT2D eigenvalue weighted by atomic mass is 10.2. The van der Waals surface area contributed by atoms with Crippen LogP contribution in [0.15, 0.2) is 71.3 Å². The molecule has 1 aromatic heterocycles. The highest BCUT2D eigenvalue weighted by molar-refractivity contribution is 6.02. The number of anilines is 2. The van der Waals surface area contributed by atoms with E-state index >= 15 is 0 Å². The fourth-order valence-electron chi connectivity index (χ4n) is 3.67. The van der Waals surface area contributed by atoms with E-state index in [0.29, 0.717) is 36.6 Å². The molecule has 168 valence electrons. The smallest absolute Gasteiger partial charge is 0.291 e. The van der Waals surface area contributed by atoms with Crippen LogP contribution in [0.3, 0.4) is 0 Å². The van der Waals surface area contributed by atoms with E-state index in [1.165, 1.54) is 6.26 Å². The lowest BCUT2D eigenvalue weighted by Crippen LogP contribution is -2.38. The number of ether oxygens (including phenoxy) is 1. The van der Waals surface area contributed by atoms with Crippen LogP contribution in [0.4, 0.5) is 11.4 Å². The van der Waals surface area contributed by atoms with Gasteiger partial charge in [0.1, 0.15) is 5.75 Å². The van der Waals surface area contributed by atoms with Crippen molar-refractivity contribution >= 4 is 23.2 Å². The van der Waals surface area contributed by atoms with E-state index in [9.17, 15) is 9.59 Å². The van der Waals surface area contributed by atoms with Crippen molar-refractivity contribution in [2.75, 3.05) is 43.0 Å². The second-order valence-electron chi connectivity index (χ2n) is 7.63. The van der Waals surface area contributed by atoms with Crippen LogP contribution < -0.4 is 15.0 Å². The van der Waals surface area contributed by atoms with Gasteiger partial charge in [-0.25, -0.2) is 0 Å². The van der Waals surface area contributed by atoms with Crippen LogP contribution in [0.5, 0.6) is 5.75 Å². The number of hydrogen-bond donors (Lipinski definition) is 1. The van der Waals surface area contributed by atoms with E-state index in [-0.39, 0.29) is 24.2 Å². The summed E-state index contributed by atoms with van der Waals surface area (Å²) in [5, 5.41) is 11.7. The minimum absolute atomic E-state index is 0.0769. The van der Waals surface area contributed by atoms with Crippen molar-refractivity contribution in [1.82, 2.24) is 4.90 Å². The second kappa shape index (κ2) is 10.4. The Labute approximate surface area is 192 Å². The van der Waals surface area contributed by atoms with Crippen molar-refractivity contribution in [3.8, 4) is 11.8 Å². The molecule has 2 heterocycles. The average molecular weight is 444 g/mol. The number of rotatable bonds is 6. The molecular formula is C25H24N4O4. The van der Waals surface area contributed by atoms with Crippen molar-refractivity contribution < 1.29 is 18.7 Å². The molecule has 33 heavy (non-hydrogen) atoms. The molecule has 4 rings (SSSR count). The van der Waals surface area contributed by atoms with Crippen molar-refractivity contribution in [3.05, 3.63) is 78.3 Å². The van der Waals surface area contributed by atoms with Crippen LogP contribution in [0.25, 0.3) is 0 Å². The summed E-state index contributed by atoms with van der Waals surface area (Å²) in [6.07, 6.45) is 2.28. The van der Waals surface area contributed by atoms with E-state index in [4.69, 9.17) is 14.4 Å². The standard InChI is InChI=1S/C25H24N4O4/c26-17-19-7-9-21(10-8-19)28-11-3-12-29(14-13-28)24(30)18-33-22-5-1-4-20(16-22)27-25(31)23-6-2-15-32-23/h1-2,4-10,15-16H,3,11-14,18H2,(H,27,31). The lowest BCUT2D eigenvalue weighted by Gasteiger charge is -2.24. The molecule has 0 saturated carbocycles. The van der Waals surface area contributed by atoms with Crippen LogP contribution in [0.2, 0.25) is 0 Å². The Balaban J connectivity index is 1.29. The third kappa shape index (κ3) is 5.71. The Morgan fingerprint density at radius 2 is 1.88 bits per heavy atom. The molecule has 3 aromatic rings. The first-order valence-electron chi connectivity index (χ1n) is 10.7. The highest BCUT2D eigenvalue weighted by Gasteiger charge is 2.20. The van der Waals surface area contributed by atoms with Gasteiger partial charge in [0.25, 0.3) is 11.8 Å². The zero-order chi connectivity index (χ0) is 23.0. The van der Waals surface area contributed by atoms with Crippen LogP contribution in [0.1, 0.15) is 22.5 Å². The van der Waals surface area contributed by atoms with E-state index in [1.807, 2.05) is 29.2 Å². The molecule has 1 saturated heterocycles. The molecule has 0 radical (unpaired) electrons. The van der Waals surface area contributed by atoms with Gasteiger partial charge in [0.15, 0.2) is 12.4 Å². The number of carbonyl (C=O) groups excluding carboxylic acids is 2. The summed E-state index contributed by atoms with van der Waals surface area (Å²) in [5.74, 6) is 0.272. The largest absolute Gasteiger partial charge is 0.484 e. The summed E-state index contributed by atoms with van der Waals surface area (Å²) in [5.41, 5.74) is 2.23. The normalized spacial score (nSPS) is 13.7. The fraction of sp³-hybridized carbons (Fsp3) is 0.240. The molecule has 1 fully saturated rings. The van der Waals surface area contributed by atoms with Crippen molar-refractivity contribution in [2.45, 2.75) is 6.42 Å². The molecule has 0 bridgehead atoms. The summed E-state index contributed by atoms with van der Waals surface area (Å²) in [6, 6.07) is 19.8. The quantitative estimate of drug-likeness (QED) is 0.625. The van der Waals surface area contributed by atoms with Crippen molar-refractivity contribution in [3.63, 3.8) is 0 Å². The summed E-state index contributed by atoms with van der Waals surface area (Å²) in [4.78, 5) is 28.9. The van der Waals surface area contributed by atoms with Gasteiger partial charge < -0.3 is 24.3 Å². The van der Waals surface area contributed by atoms with Gasteiger partial charge >= 0.3 is 0 Å². The average Bonchev–Trinajstić information content (AvgIpc) is 3.28. The molecule has 0 aliphatic carbocycles. The Morgan fingerprint density at radius 1 is 1.03 bits per heavy atom. The third-order valence-electron chi connectivity index (χ3n) is 5.41. The maximum absolute atomic E-state index is 12.7. The van der Waals surface area contributed by atoms with E-state index in [0.717, 1.165) is 18.7 Å². The van der Waals surface area contributed by atoms with Gasteiger partial charge in [-0.15, -0.1) is 0 Å². The van der Waals surface area contributed by atoms with E-state index in [2.05, 4.69) is 16.3 Å². The van der Waals surface area contributed by atoms with Gasteiger partial charge in [-0.1, -0.05) is 6.07 Å². The van der Waals surface area contributed by atoms with Gasteiger partial charge in [-0.3, -0.25) is 9.59 Å². The first-order chi connectivity index (χ1) is 16.1. The number of benzene rings is 2. The molecule has 0 atom stereocenters. The monoisotopic (exact) mass is 444 g/mol. The summed E-state index contributed by atoms with van der Waals surface area (Å²) in [6.45, 7) is 2.74. The van der Waals surface area contributed by atoms with Crippen LogP contribution in [0, 0.1) is 11.3 Å². The first-order valence-corrected chi connectivity index (χ1v) is 10.7. The first kappa shape index (κ1) is 22.0. The summed E-state index contributed by atoms with van der Waals surface area (Å²) in [7, 11) is 0. The number of furan rings is 1. The Hall–Kier alpha value is -4.25. The zero-order valence-corrected chi connectivity index (χ0v) is 18.1. The molecule has 2 amide bonds. The van der Waals surface area contributed by atoms with Gasteiger partial charge in [0, 0.05) is 43.6 Å². The molecule has 8 nitrogen and oxygen atoms in total. The lowest BCUT2D eigenvalue weighted by molar-refractivity contribution is -0.133. The topological polar surface area (TPSA) is 98.8 Å². The molecule has 2 aromatic carbocycles. The number of amides is 2. The zero-order valence-electron chi connectivity index (χ0n) is 18.1. The van der Waals surface area contributed by atoms with Crippen LogP contribution in [-0.4, -0.2) is 49.5 Å². The van der Waals surface area contributed by atoms with Crippen LogP contribution in [-0.2, 0) is 4.79 Å². The van der Waals surface area contributed by atoms with E-state index < -0.39 is 0 Å². The maximum Gasteiger partial charge on any atom is 0.291 e. The molecule has 8 heteroatoms. The molecule has 1 N–H and O–H groups in total. The predicted octanol–water partition coefficient (Wildman–Crippen LogP) is 3.52. The fourth-order valence-corrected chi connectivity index (χ4v) is 3.67. The van der Waals surface area contributed by atoms with Crippen LogP contribution >= 0.6 is 0 Å². The van der Waals surface area contributed by atoms with Crippen molar-refractivity contribution in [2.24, 2.45) is 0 Å². The highest BCUT2D eigenvalue weighted by Crippen LogP contribution is 2.20. The highest BCUT2D eigenvalue weighted by atomic mass is 16.5. The minimum Gasteiger partial charge on any atom is -0.484 e. The predicted molar refractivity (Wildman–Crippen MR) is 123 cm³/mol. The Morgan fingerprint density at radius 3 is 2.64 bits per heavy atom. The maximum atomic E-state index is 12.7. The SMILES string of the molecule is N#Cc1ccc(N2CCCN(C(=O)COc3cccc(NC(=O)c4ccco4)c3)CC2)cc1. The molecule has 0 unspecified atom stereocenters. The molecule has 0 spiro atoms. The molecular weight excluding hydrogens is 420 g/mol. The minimum atomic E-state index is -0.357. The number of hydrogen-bond acceptors (Lipinski definition) is 6. The van der Waals surface area contributed by atoms with Gasteiger partial charge in [0.05, 0.1) is 17.9 Å². The number of nitrogens with zero attached hydrogens (tertiary/aromatic N) is 3. The van der Waals surface area contributed by atoms with Gasteiger partial charge in [0.2, 0.25) is 0 Å². The summed E-state index contributed by atoms with van der Waals surface area (Å²) >= 11 is 0. The molecule has 1 aliphatic rings. The van der Waals surface area contributed by atoms with Gasteiger partial charge in [-0.05, 0) is 55.0 Å². The third-order valence-corrected chi connectivity index (χ3v) is 5.41. The number of nitrogens with one attached hydrogen (secondary N) is 1. The molecule has 1 aliphatic heterocycles. The second-order valence-corrected chi connectivity index (χ2v) is 7.63.